The van der Waals surface area contributed by atoms with Gasteiger partial charge in [0.05, 0.1) is 0 Å². The van der Waals surface area contributed by atoms with Gasteiger partial charge in [0.15, 0.2) is 0 Å². The monoisotopic (exact) mass is 437 g/mol. The maximum absolute atomic E-state index is 2.99. The number of hydrogen-bond donors (Lipinski definition) is 1. The minimum atomic E-state index is -2.99. The molecular weight excluding hydrogens is 413 g/mol. The molecule has 0 aliphatic heterocycles. The van der Waals surface area contributed by atoms with Crippen LogP contribution in [0.1, 0.15) is 0 Å². The second-order valence-electron chi connectivity index (χ2n) is 6.21. The molecule has 0 aliphatic carbocycles. The van der Waals surface area contributed by atoms with E-state index in [4.69, 9.17) is 0 Å². The Morgan fingerprint density at radius 1 is 0.333 bits per heavy atom. The van der Waals surface area contributed by atoms with Gasteiger partial charge in [0.1, 0.15) is 0 Å². The Balaban J connectivity index is 0.00000131. The topological polar surface area (TPSA) is 35.0 Å². The van der Waals surface area contributed by atoms with Crippen molar-refractivity contribution in [2.45, 2.75) is 0 Å². The third kappa shape index (κ3) is 3.87. The zero-order valence-electron chi connectivity index (χ0n) is 15.2. The van der Waals surface area contributed by atoms with Gasteiger partial charge >= 0.3 is 152 Å². The summed E-state index contributed by atoms with van der Waals surface area (Å²) < 4.78 is 5.86. The summed E-state index contributed by atoms with van der Waals surface area (Å²) in [6.45, 7) is 0. The van der Waals surface area contributed by atoms with Gasteiger partial charge in [-0.2, -0.15) is 0 Å². The van der Waals surface area contributed by atoms with Gasteiger partial charge in [-0.3, -0.25) is 0 Å². The van der Waals surface area contributed by atoms with Crippen LogP contribution in [0.3, 0.4) is 0 Å². The normalized spacial score (nSPS) is 11.0. The van der Waals surface area contributed by atoms with Crippen molar-refractivity contribution in [1.29, 1.82) is 0 Å². The van der Waals surface area contributed by atoms with E-state index in [1.165, 1.54) is 17.4 Å². The van der Waals surface area contributed by atoms with Gasteiger partial charge in [0, 0.05) is 0 Å². The van der Waals surface area contributed by atoms with E-state index in [9.17, 15) is 0 Å². The minimum absolute atomic E-state index is 0. The second-order valence-corrected chi connectivity index (χ2v) is 14.2. The molecule has 0 saturated carbocycles. The Hall–Kier alpha value is -2.31. The molecule has 0 radical (unpaired) electrons. The standard InChI is InChI=1S/C24H21As.ClH.H3N/c1-5-13-21(14-6-1)25(22-15-7-2-8-16-22,23-17-9-3-10-18-23)24-19-11-4-12-20-24;;/h1-20,25H;1H;1H3. The third-order valence-electron chi connectivity index (χ3n) is 4.83. The fraction of sp³-hybridized carbons (Fsp3) is 0. The summed E-state index contributed by atoms with van der Waals surface area (Å²) in [5.74, 6) is 0. The number of hydrogen-bond acceptors (Lipinski definition) is 1. The predicted octanol–water partition coefficient (Wildman–Crippen LogP) is 3.38. The quantitative estimate of drug-likeness (QED) is 0.488. The van der Waals surface area contributed by atoms with Crippen LogP contribution in [0.15, 0.2) is 121 Å². The van der Waals surface area contributed by atoms with E-state index in [0.717, 1.165) is 0 Å². The van der Waals surface area contributed by atoms with Gasteiger partial charge in [-0.1, -0.05) is 0 Å². The molecule has 0 fully saturated rings. The molecule has 3 N–H and O–H groups in total. The molecule has 3 heteroatoms. The first-order chi connectivity index (χ1) is 12.4. The maximum atomic E-state index is 2.31. The van der Waals surface area contributed by atoms with Crippen LogP contribution in [0, 0.1) is 0 Å². The second kappa shape index (κ2) is 9.57. The molecular formula is C24H25AsClN. The van der Waals surface area contributed by atoms with Crippen LogP contribution >= 0.6 is 12.4 Å². The van der Waals surface area contributed by atoms with Crippen LogP contribution in [-0.2, 0) is 0 Å². The van der Waals surface area contributed by atoms with Crippen molar-refractivity contribution in [1.82, 2.24) is 6.15 Å². The molecule has 0 amide bonds. The van der Waals surface area contributed by atoms with Crippen LogP contribution < -0.4 is 23.6 Å². The van der Waals surface area contributed by atoms with Gasteiger partial charge < -0.3 is 6.15 Å². The summed E-state index contributed by atoms with van der Waals surface area (Å²) in [7, 11) is 0. The Kier molecular flexibility index (Phi) is 7.44. The number of benzene rings is 4. The molecule has 0 aliphatic rings. The number of rotatable bonds is 4. The summed E-state index contributed by atoms with van der Waals surface area (Å²) >= 11 is -2.99. The van der Waals surface area contributed by atoms with Crippen molar-refractivity contribution in [2.24, 2.45) is 0 Å². The Morgan fingerprint density at radius 3 is 0.704 bits per heavy atom. The van der Waals surface area contributed by atoms with E-state index >= 15 is 0 Å². The van der Waals surface area contributed by atoms with E-state index in [0.29, 0.717) is 0 Å². The Bertz CT molecular complexity index is 765. The molecule has 0 unspecified atom stereocenters. The Morgan fingerprint density at radius 2 is 0.519 bits per heavy atom. The summed E-state index contributed by atoms with van der Waals surface area (Å²) in [5.41, 5.74) is 0. The SMILES string of the molecule is Cl.N.c1ccc([AsH](c2ccccc2)(c2ccccc2)c2ccccc2)cc1. The Labute approximate surface area is 170 Å². The van der Waals surface area contributed by atoms with E-state index in [-0.39, 0.29) is 18.6 Å². The van der Waals surface area contributed by atoms with Gasteiger partial charge in [-0.15, -0.1) is 12.4 Å². The first-order valence-electron chi connectivity index (χ1n) is 8.64. The van der Waals surface area contributed by atoms with Crippen molar-refractivity contribution in [3.05, 3.63) is 121 Å². The van der Waals surface area contributed by atoms with Crippen molar-refractivity contribution in [2.75, 3.05) is 0 Å². The molecule has 0 saturated heterocycles. The molecule has 0 aromatic heterocycles. The van der Waals surface area contributed by atoms with E-state index < -0.39 is 13.6 Å². The zero-order chi connectivity index (χ0) is 17.0. The fourth-order valence-electron chi connectivity index (χ4n) is 3.75. The van der Waals surface area contributed by atoms with Crippen LogP contribution in [0.2, 0.25) is 0 Å². The molecule has 4 aromatic carbocycles. The molecule has 0 bridgehead atoms. The van der Waals surface area contributed by atoms with Gasteiger partial charge in [-0.25, -0.2) is 0 Å². The summed E-state index contributed by atoms with van der Waals surface area (Å²) in [6.07, 6.45) is 0. The first kappa shape index (κ1) is 21.0. The fourth-order valence-corrected chi connectivity index (χ4v) is 13.8. The van der Waals surface area contributed by atoms with E-state index in [1.54, 1.807) is 0 Å². The first-order valence-corrected chi connectivity index (χ1v) is 12.8. The van der Waals surface area contributed by atoms with Crippen LogP contribution in [-0.4, -0.2) is 13.6 Å². The molecule has 138 valence electrons. The molecule has 4 rings (SSSR count). The van der Waals surface area contributed by atoms with Crippen LogP contribution in [0.25, 0.3) is 0 Å². The average Bonchev–Trinajstić information content (AvgIpc) is 2.72. The summed E-state index contributed by atoms with van der Waals surface area (Å²) in [5, 5.41) is 0. The van der Waals surface area contributed by atoms with Crippen LogP contribution in [0.5, 0.6) is 0 Å². The molecule has 0 atom stereocenters. The predicted molar refractivity (Wildman–Crippen MR) is 124 cm³/mol. The molecule has 0 spiro atoms. The third-order valence-corrected chi connectivity index (χ3v) is 14.9. The van der Waals surface area contributed by atoms with E-state index in [1.807, 2.05) is 0 Å². The van der Waals surface area contributed by atoms with Crippen LogP contribution in [0.4, 0.5) is 0 Å². The summed E-state index contributed by atoms with van der Waals surface area (Å²) in [4.78, 5) is 0. The van der Waals surface area contributed by atoms with E-state index in [2.05, 4.69) is 121 Å². The average molecular weight is 438 g/mol. The molecule has 4 aromatic rings. The van der Waals surface area contributed by atoms with Gasteiger partial charge in [0.25, 0.3) is 0 Å². The summed E-state index contributed by atoms with van der Waals surface area (Å²) in [6, 6.07) is 44.3. The van der Waals surface area contributed by atoms with Crippen molar-refractivity contribution < 1.29 is 0 Å². The molecule has 1 nitrogen and oxygen atoms in total. The molecule has 0 heterocycles. The zero-order valence-corrected chi connectivity index (χ0v) is 18.1. The van der Waals surface area contributed by atoms with Gasteiger partial charge in [-0.05, 0) is 0 Å². The van der Waals surface area contributed by atoms with Crippen molar-refractivity contribution in [3.63, 3.8) is 0 Å². The van der Waals surface area contributed by atoms with Crippen molar-refractivity contribution >= 4 is 43.4 Å². The number of halogens is 1. The van der Waals surface area contributed by atoms with Crippen molar-refractivity contribution in [3.8, 4) is 0 Å². The molecule has 27 heavy (non-hydrogen) atoms. The van der Waals surface area contributed by atoms with Gasteiger partial charge in [0.2, 0.25) is 0 Å².